The first kappa shape index (κ1) is 12.4. The highest BCUT2D eigenvalue weighted by molar-refractivity contribution is 6.09. The SMILES string of the molecule is CC.CCN1C(=O)Cc2ccccc2C1=O. The van der Waals surface area contributed by atoms with E-state index in [9.17, 15) is 9.59 Å². The monoisotopic (exact) mass is 219 g/mol. The molecule has 0 fully saturated rings. The van der Waals surface area contributed by atoms with Gasteiger partial charge < -0.3 is 0 Å². The molecule has 0 radical (unpaired) electrons. The maximum absolute atomic E-state index is 11.8. The molecular formula is C13H17NO2. The van der Waals surface area contributed by atoms with Gasteiger partial charge in [0, 0.05) is 12.1 Å². The zero-order valence-electron chi connectivity index (χ0n) is 9.99. The molecule has 0 bridgehead atoms. The Balaban J connectivity index is 0.000000606. The largest absolute Gasteiger partial charge is 0.278 e. The Bertz CT molecular complexity index is 399. The molecule has 2 amide bonds. The average Bonchev–Trinajstić information content (AvgIpc) is 2.32. The van der Waals surface area contributed by atoms with Crippen LogP contribution in [0, 0.1) is 0 Å². The minimum atomic E-state index is -0.167. The number of nitrogens with zero attached hydrogens (tertiary/aromatic N) is 1. The maximum atomic E-state index is 11.8. The van der Waals surface area contributed by atoms with Crippen molar-refractivity contribution in [3.8, 4) is 0 Å². The van der Waals surface area contributed by atoms with Crippen LogP contribution in [0.3, 0.4) is 0 Å². The molecule has 0 unspecified atom stereocenters. The van der Waals surface area contributed by atoms with E-state index < -0.39 is 0 Å². The van der Waals surface area contributed by atoms with Gasteiger partial charge in [0.05, 0.1) is 6.42 Å². The number of carbonyl (C=O) groups excluding carboxylic acids is 2. The van der Waals surface area contributed by atoms with Crippen molar-refractivity contribution in [3.63, 3.8) is 0 Å². The van der Waals surface area contributed by atoms with Gasteiger partial charge in [-0.3, -0.25) is 14.5 Å². The number of hydrogen-bond donors (Lipinski definition) is 0. The van der Waals surface area contributed by atoms with E-state index in [-0.39, 0.29) is 11.8 Å². The van der Waals surface area contributed by atoms with E-state index in [4.69, 9.17) is 0 Å². The van der Waals surface area contributed by atoms with Gasteiger partial charge in [0.1, 0.15) is 0 Å². The van der Waals surface area contributed by atoms with Gasteiger partial charge in [-0.15, -0.1) is 0 Å². The standard InChI is InChI=1S/C11H11NO2.C2H6/c1-2-12-10(13)7-8-5-3-4-6-9(8)11(12)14;1-2/h3-6H,2,7H2,1H3;1-2H3. The minimum Gasteiger partial charge on any atom is -0.278 e. The molecule has 1 aromatic rings. The van der Waals surface area contributed by atoms with Gasteiger partial charge >= 0.3 is 0 Å². The van der Waals surface area contributed by atoms with Crippen LogP contribution in [-0.2, 0) is 11.2 Å². The van der Waals surface area contributed by atoms with Crippen LogP contribution in [0.15, 0.2) is 24.3 Å². The first-order chi connectivity index (χ1) is 7.74. The lowest BCUT2D eigenvalue weighted by molar-refractivity contribution is -0.128. The number of rotatable bonds is 1. The molecule has 0 spiro atoms. The molecule has 0 atom stereocenters. The van der Waals surface area contributed by atoms with Gasteiger partial charge in [-0.1, -0.05) is 32.0 Å². The number of likely N-dealkylation sites (N-methyl/N-ethyl adjacent to an activating group) is 1. The van der Waals surface area contributed by atoms with E-state index >= 15 is 0 Å². The molecule has 0 N–H and O–H groups in total. The molecule has 1 heterocycles. The van der Waals surface area contributed by atoms with E-state index in [1.165, 1.54) is 4.90 Å². The van der Waals surface area contributed by atoms with Gasteiger partial charge in [0.2, 0.25) is 5.91 Å². The third-order valence-corrected chi connectivity index (χ3v) is 2.45. The molecule has 0 aromatic heterocycles. The topological polar surface area (TPSA) is 37.4 Å². The zero-order valence-corrected chi connectivity index (χ0v) is 9.99. The van der Waals surface area contributed by atoms with Crippen LogP contribution < -0.4 is 0 Å². The molecular weight excluding hydrogens is 202 g/mol. The number of carbonyl (C=O) groups is 2. The number of amides is 2. The van der Waals surface area contributed by atoms with Crippen molar-refractivity contribution >= 4 is 11.8 Å². The molecule has 3 nitrogen and oxygen atoms in total. The van der Waals surface area contributed by atoms with E-state index in [0.29, 0.717) is 18.5 Å². The average molecular weight is 219 g/mol. The summed E-state index contributed by atoms with van der Waals surface area (Å²) in [5, 5.41) is 0. The van der Waals surface area contributed by atoms with Gasteiger partial charge in [-0.2, -0.15) is 0 Å². The van der Waals surface area contributed by atoms with Crippen molar-refractivity contribution in [1.82, 2.24) is 4.90 Å². The Morgan fingerprint density at radius 1 is 1.19 bits per heavy atom. The Kier molecular flexibility index (Phi) is 4.23. The smallest absolute Gasteiger partial charge is 0.260 e. The van der Waals surface area contributed by atoms with Crippen LogP contribution >= 0.6 is 0 Å². The van der Waals surface area contributed by atoms with E-state index in [1.807, 2.05) is 39.0 Å². The van der Waals surface area contributed by atoms with Crippen molar-refractivity contribution in [2.75, 3.05) is 6.54 Å². The highest BCUT2D eigenvalue weighted by Crippen LogP contribution is 2.18. The normalized spacial score (nSPS) is 14.1. The molecule has 3 heteroatoms. The van der Waals surface area contributed by atoms with Crippen LogP contribution in [-0.4, -0.2) is 23.3 Å². The first-order valence-electron chi connectivity index (χ1n) is 5.66. The zero-order chi connectivity index (χ0) is 12.1. The summed E-state index contributed by atoms with van der Waals surface area (Å²) in [5.74, 6) is -0.268. The van der Waals surface area contributed by atoms with Gasteiger partial charge in [0.25, 0.3) is 5.91 Å². The Morgan fingerprint density at radius 3 is 2.44 bits per heavy atom. The van der Waals surface area contributed by atoms with E-state index in [1.54, 1.807) is 6.07 Å². The second-order valence-corrected chi connectivity index (χ2v) is 3.28. The molecule has 2 rings (SSSR count). The molecule has 1 aromatic carbocycles. The summed E-state index contributed by atoms with van der Waals surface area (Å²) in [6.07, 6.45) is 0.343. The van der Waals surface area contributed by atoms with Gasteiger partial charge in [-0.25, -0.2) is 0 Å². The first-order valence-corrected chi connectivity index (χ1v) is 5.66. The number of imide groups is 1. The summed E-state index contributed by atoms with van der Waals surface area (Å²) in [7, 11) is 0. The lowest BCUT2D eigenvalue weighted by Crippen LogP contribution is -2.41. The minimum absolute atomic E-state index is 0.101. The Hall–Kier alpha value is -1.64. The lowest BCUT2D eigenvalue weighted by Gasteiger charge is -2.25. The predicted molar refractivity (Wildman–Crippen MR) is 63.2 cm³/mol. The molecule has 86 valence electrons. The van der Waals surface area contributed by atoms with Crippen molar-refractivity contribution in [3.05, 3.63) is 35.4 Å². The fourth-order valence-corrected chi connectivity index (χ4v) is 1.72. The Labute approximate surface area is 96.1 Å². The highest BCUT2D eigenvalue weighted by Gasteiger charge is 2.28. The van der Waals surface area contributed by atoms with E-state index in [2.05, 4.69) is 0 Å². The van der Waals surface area contributed by atoms with Crippen LogP contribution in [0.1, 0.15) is 36.7 Å². The van der Waals surface area contributed by atoms with E-state index in [0.717, 1.165) is 5.56 Å². The Morgan fingerprint density at radius 2 is 1.81 bits per heavy atom. The third kappa shape index (κ3) is 2.13. The predicted octanol–water partition coefficient (Wildman–Crippen LogP) is 2.26. The maximum Gasteiger partial charge on any atom is 0.260 e. The van der Waals surface area contributed by atoms with Crippen molar-refractivity contribution in [1.29, 1.82) is 0 Å². The van der Waals surface area contributed by atoms with Gasteiger partial charge in [-0.05, 0) is 18.6 Å². The molecule has 0 saturated carbocycles. The summed E-state index contributed by atoms with van der Waals surface area (Å²) in [6, 6.07) is 7.27. The number of hydrogen-bond acceptors (Lipinski definition) is 2. The highest BCUT2D eigenvalue weighted by atomic mass is 16.2. The van der Waals surface area contributed by atoms with Crippen LogP contribution in [0.25, 0.3) is 0 Å². The lowest BCUT2D eigenvalue weighted by atomic mass is 9.99. The molecule has 16 heavy (non-hydrogen) atoms. The van der Waals surface area contributed by atoms with Crippen molar-refractivity contribution < 1.29 is 9.59 Å². The summed E-state index contributed by atoms with van der Waals surface area (Å²) >= 11 is 0. The van der Waals surface area contributed by atoms with Gasteiger partial charge in [0.15, 0.2) is 0 Å². The molecule has 0 aliphatic carbocycles. The fraction of sp³-hybridized carbons (Fsp3) is 0.385. The quantitative estimate of drug-likeness (QED) is 0.679. The number of benzene rings is 1. The fourth-order valence-electron chi connectivity index (χ4n) is 1.72. The molecule has 1 aliphatic rings. The molecule has 1 aliphatic heterocycles. The summed E-state index contributed by atoms with van der Waals surface area (Å²) in [6.45, 7) is 6.26. The van der Waals surface area contributed by atoms with Crippen molar-refractivity contribution in [2.24, 2.45) is 0 Å². The summed E-state index contributed by atoms with van der Waals surface area (Å²) < 4.78 is 0. The van der Waals surface area contributed by atoms with Crippen LogP contribution in [0.2, 0.25) is 0 Å². The second kappa shape index (κ2) is 5.45. The number of fused-ring (bicyclic) bond motifs is 1. The summed E-state index contributed by atoms with van der Waals surface area (Å²) in [5.41, 5.74) is 1.50. The third-order valence-electron chi connectivity index (χ3n) is 2.45. The molecule has 0 saturated heterocycles. The summed E-state index contributed by atoms with van der Waals surface area (Å²) in [4.78, 5) is 24.6. The van der Waals surface area contributed by atoms with Crippen molar-refractivity contribution in [2.45, 2.75) is 27.2 Å². The van der Waals surface area contributed by atoms with Crippen LogP contribution in [0.4, 0.5) is 0 Å². The van der Waals surface area contributed by atoms with Crippen LogP contribution in [0.5, 0.6) is 0 Å². The second-order valence-electron chi connectivity index (χ2n) is 3.28.